The average molecular weight is 321 g/mol. The molecule has 0 fully saturated rings. The lowest BCUT2D eigenvalue weighted by molar-refractivity contribution is -0.696. The Morgan fingerprint density at radius 3 is 2.23 bits per heavy atom. The van der Waals surface area contributed by atoms with Crippen LogP contribution in [-0.4, -0.2) is 21.1 Å². The maximum Gasteiger partial charge on any atom is 0.175 e. The first-order valence-electron chi connectivity index (χ1n) is 6.77. The lowest BCUT2D eigenvalue weighted by atomic mass is 10.1. The Morgan fingerprint density at radius 2 is 1.73 bits per heavy atom. The number of aryl methyl sites for hydroxylation is 1. The molecule has 0 aliphatic carbocycles. The highest BCUT2D eigenvalue weighted by molar-refractivity contribution is 7.90. The molecule has 2 rings (SSSR count). The largest absolute Gasteiger partial charge is 0.554 e. The second-order valence-electron chi connectivity index (χ2n) is 4.72. The summed E-state index contributed by atoms with van der Waals surface area (Å²) in [5.74, 6) is 0. The van der Waals surface area contributed by atoms with Crippen molar-refractivity contribution >= 4 is 16.3 Å². The Balaban J connectivity index is 0.000000745. The molecule has 1 heterocycles. The number of carboxylic acid groups (broad SMARTS) is 1. The number of hydrogen-bond acceptors (Lipinski definition) is 4. The molecular formula is C16H19NO4S. The molecule has 0 bridgehead atoms. The van der Waals surface area contributed by atoms with Crippen molar-refractivity contribution in [3.05, 3.63) is 48.8 Å². The Kier molecular flexibility index (Phi) is 6.72. The monoisotopic (exact) mass is 321 g/mol. The van der Waals surface area contributed by atoms with Crippen LogP contribution < -0.4 is 9.67 Å². The zero-order valence-corrected chi connectivity index (χ0v) is 13.4. The summed E-state index contributed by atoms with van der Waals surface area (Å²) in [6.07, 6.45) is 6.36. The van der Waals surface area contributed by atoms with Crippen molar-refractivity contribution in [2.75, 3.05) is 6.26 Å². The van der Waals surface area contributed by atoms with Crippen molar-refractivity contribution in [3.63, 3.8) is 0 Å². The smallest absolute Gasteiger partial charge is 0.175 e. The van der Waals surface area contributed by atoms with Crippen LogP contribution in [0.2, 0.25) is 0 Å². The van der Waals surface area contributed by atoms with Gasteiger partial charge in [0.15, 0.2) is 22.2 Å². The number of rotatable bonds is 4. The Morgan fingerprint density at radius 1 is 1.14 bits per heavy atom. The molecule has 5 nitrogen and oxygen atoms in total. The highest BCUT2D eigenvalue weighted by Crippen LogP contribution is 2.21. The number of carbonyl (C=O) groups is 1. The summed E-state index contributed by atoms with van der Waals surface area (Å²) in [4.78, 5) is 8.61. The number of hydrogen-bond donors (Lipinski definition) is 0. The van der Waals surface area contributed by atoms with Crippen molar-refractivity contribution in [1.82, 2.24) is 0 Å². The van der Waals surface area contributed by atoms with Gasteiger partial charge in [-0.1, -0.05) is 19.1 Å². The van der Waals surface area contributed by atoms with E-state index in [1.54, 1.807) is 18.2 Å². The van der Waals surface area contributed by atoms with E-state index < -0.39 is 16.3 Å². The molecule has 0 saturated carbocycles. The summed E-state index contributed by atoms with van der Waals surface area (Å²) in [7, 11) is -3.16. The van der Waals surface area contributed by atoms with E-state index in [1.807, 2.05) is 30.6 Å². The summed E-state index contributed by atoms with van der Waals surface area (Å²) in [6, 6.07) is 11.1. The molecule has 0 N–H and O–H groups in total. The first kappa shape index (κ1) is 17.8. The van der Waals surface area contributed by atoms with Gasteiger partial charge in [0.1, 0.15) is 6.54 Å². The van der Waals surface area contributed by atoms with Crippen LogP contribution in [0.1, 0.15) is 13.3 Å². The predicted octanol–water partition coefficient (Wildman–Crippen LogP) is 0.821. The van der Waals surface area contributed by atoms with Crippen LogP contribution in [0.25, 0.3) is 11.1 Å². The van der Waals surface area contributed by atoms with Crippen LogP contribution in [0, 0.1) is 0 Å². The molecule has 0 radical (unpaired) electrons. The fourth-order valence-electron chi connectivity index (χ4n) is 1.96. The van der Waals surface area contributed by atoms with Gasteiger partial charge < -0.3 is 9.90 Å². The van der Waals surface area contributed by atoms with Gasteiger partial charge in [-0.05, 0) is 23.3 Å². The van der Waals surface area contributed by atoms with E-state index >= 15 is 0 Å². The van der Waals surface area contributed by atoms with Gasteiger partial charge >= 0.3 is 0 Å². The fourth-order valence-corrected chi connectivity index (χ4v) is 2.63. The van der Waals surface area contributed by atoms with Crippen LogP contribution in [0.5, 0.6) is 0 Å². The van der Waals surface area contributed by atoms with Gasteiger partial charge in [-0.25, -0.2) is 13.0 Å². The van der Waals surface area contributed by atoms with E-state index in [0.29, 0.717) is 4.90 Å². The summed E-state index contributed by atoms with van der Waals surface area (Å²) in [6.45, 7) is 2.63. The third-order valence-corrected chi connectivity index (χ3v) is 4.08. The topological polar surface area (TPSA) is 78.1 Å². The van der Waals surface area contributed by atoms with Crippen molar-refractivity contribution < 1.29 is 22.9 Å². The van der Waals surface area contributed by atoms with Gasteiger partial charge in [-0.2, -0.15) is 0 Å². The maximum atomic E-state index is 11.6. The normalized spacial score (nSPS) is 10.5. The van der Waals surface area contributed by atoms with Crippen LogP contribution in [0.4, 0.5) is 0 Å². The molecule has 0 spiro atoms. The quantitative estimate of drug-likeness (QED) is 0.617. The highest BCUT2D eigenvalue weighted by atomic mass is 32.2. The highest BCUT2D eigenvalue weighted by Gasteiger charge is 2.09. The van der Waals surface area contributed by atoms with E-state index in [-0.39, 0.29) is 0 Å². The Bertz CT molecular complexity index is 709. The van der Waals surface area contributed by atoms with Crippen molar-refractivity contribution in [3.8, 4) is 11.1 Å². The molecule has 22 heavy (non-hydrogen) atoms. The summed E-state index contributed by atoms with van der Waals surface area (Å²) in [5, 5.41) is 8.25. The minimum atomic E-state index is -3.16. The van der Waals surface area contributed by atoms with Gasteiger partial charge in [0, 0.05) is 31.3 Å². The van der Waals surface area contributed by atoms with Crippen molar-refractivity contribution in [2.24, 2.45) is 0 Å². The molecule has 0 amide bonds. The third kappa shape index (κ3) is 5.29. The van der Waals surface area contributed by atoms with Crippen molar-refractivity contribution in [1.29, 1.82) is 0 Å². The number of pyridine rings is 1. The predicted molar refractivity (Wildman–Crippen MR) is 81.5 cm³/mol. The molecule has 6 heteroatoms. The number of carbonyl (C=O) groups excluding carboxylic acids is 1. The molecule has 0 atom stereocenters. The van der Waals surface area contributed by atoms with E-state index in [4.69, 9.17) is 9.90 Å². The van der Waals surface area contributed by atoms with Gasteiger partial charge in [-0.3, -0.25) is 0 Å². The van der Waals surface area contributed by atoms with Crippen LogP contribution in [0.3, 0.4) is 0 Å². The summed E-state index contributed by atoms with van der Waals surface area (Å²) < 4.78 is 25.2. The van der Waals surface area contributed by atoms with Gasteiger partial charge in [0.05, 0.1) is 4.90 Å². The van der Waals surface area contributed by atoms with E-state index in [2.05, 4.69) is 11.5 Å². The summed E-state index contributed by atoms with van der Waals surface area (Å²) in [5.41, 5.74) is 1.95. The van der Waals surface area contributed by atoms with Gasteiger partial charge in [0.2, 0.25) is 0 Å². The SMILES string of the molecule is CCC[n+]1ccc(-c2cccc(S(C)(=O)=O)c2)cc1.O=C[O-]. The second kappa shape index (κ2) is 8.29. The van der Waals surface area contributed by atoms with Gasteiger partial charge in [-0.15, -0.1) is 0 Å². The molecule has 0 saturated heterocycles. The average Bonchev–Trinajstić information content (AvgIpc) is 2.48. The maximum absolute atomic E-state index is 11.6. The first-order chi connectivity index (χ1) is 10.4. The van der Waals surface area contributed by atoms with Crippen molar-refractivity contribution in [2.45, 2.75) is 24.8 Å². The number of benzene rings is 1. The van der Waals surface area contributed by atoms with Gasteiger partial charge in [0.25, 0.3) is 0 Å². The van der Waals surface area contributed by atoms with Crippen LogP contribution in [0.15, 0.2) is 53.7 Å². The van der Waals surface area contributed by atoms with E-state index in [0.717, 1.165) is 24.1 Å². The number of aromatic nitrogens is 1. The molecule has 0 aliphatic heterocycles. The lowest BCUT2D eigenvalue weighted by Crippen LogP contribution is -2.31. The molecule has 0 aliphatic rings. The first-order valence-corrected chi connectivity index (χ1v) is 8.66. The second-order valence-corrected chi connectivity index (χ2v) is 6.74. The molecule has 118 valence electrons. The minimum absolute atomic E-state index is 0.357. The number of nitrogens with zero attached hydrogens (tertiary/aromatic N) is 1. The van der Waals surface area contributed by atoms with E-state index in [9.17, 15) is 8.42 Å². The van der Waals surface area contributed by atoms with Crippen LogP contribution in [-0.2, 0) is 21.2 Å². The Labute approximate surface area is 130 Å². The summed E-state index contributed by atoms with van der Waals surface area (Å²) >= 11 is 0. The lowest BCUT2D eigenvalue weighted by Gasteiger charge is -2.04. The standard InChI is InChI=1S/C15H18NO2S.CH2O2/c1-3-9-16-10-7-13(8-11-16)14-5-4-6-15(12-14)19(2,17)18;2-1-3/h4-8,10-12H,3,9H2,1-2H3;1H,(H,2,3)/q+1;/p-1. The third-order valence-electron chi connectivity index (χ3n) is 2.97. The minimum Gasteiger partial charge on any atom is -0.554 e. The Hall–Kier alpha value is -2.21. The molecule has 0 unspecified atom stereocenters. The molecular weight excluding hydrogens is 302 g/mol. The fraction of sp³-hybridized carbons (Fsp3) is 0.250. The zero-order chi connectivity index (χ0) is 16.6. The zero-order valence-electron chi connectivity index (χ0n) is 12.6. The van der Waals surface area contributed by atoms with Crippen LogP contribution >= 0.6 is 0 Å². The molecule has 1 aromatic carbocycles. The molecule has 2 aromatic rings. The number of sulfone groups is 1. The molecule has 1 aromatic heterocycles. The van der Waals surface area contributed by atoms with E-state index in [1.165, 1.54) is 6.26 Å².